The minimum Gasteiger partial charge on any atom is -0.326 e. The summed E-state index contributed by atoms with van der Waals surface area (Å²) in [6.45, 7) is 3.65. The molecular formula is C17H18N2O. The van der Waals surface area contributed by atoms with Crippen LogP contribution in [0.4, 0.5) is 10.5 Å². The van der Waals surface area contributed by atoms with Gasteiger partial charge in [-0.25, -0.2) is 4.79 Å². The van der Waals surface area contributed by atoms with Crippen LogP contribution in [0.15, 0.2) is 48.5 Å². The topological polar surface area (TPSA) is 23.6 Å². The van der Waals surface area contributed by atoms with Gasteiger partial charge in [0.1, 0.15) is 0 Å². The van der Waals surface area contributed by atoms with Gasteiger partial charge in [0.15, 0.2) is 0 Å². The molecule has 0 radical (unpaired) electrons. The molecule has 0 spiro atoms. The molecule has 2 amide bonds. The Balaban J connectivity index is 1.87. The summed E-state index contributed by atoms with van der Waals surface area (Å²) in [4.78, 5) is 15.5. The highest BCUT2D eigenvalue weighted by Crippen LogP contribution is 2.25. The standard InChI is InChI=1S/C17H18N2O/c1-13-4-3-5-15(12-13)14-6-8-16(9-7-14)19-11-10-18(2)17(19)20/h3-9,12H,10-11H2,1-2H3. The molecule has 0 bridgehead atoms. The fraction of sp³-hybridized carbons (Fsp3) is 0.235. The van der Waals surface area contributed by atoms with Gasteiger partial charge in [0.2, 0.25) is 0 Å². The molecule has 0 aliphatic carbocycles. The number of anilines is 1. The summed E-state index contributed by atoms with van der Waals surface area (Å²) in [6, 6.07) is 16.7. The number of benzene rings is 2. The molecule has 0 atom stereocenters. The quantitative estimate of drug-likeness (QED) is 0.815. The summed E-state index contributed by atoms with van der Waals surface area (Å²) in [5.41, 5.74) is 4.61. The Morgan fingerprint density at radius 2 is 1.70 bits per heavy atom. The van der Waals surface area contributed by atoms with Crippen LogP contribution < -0.4 is 4.90 Å². The number of rotatable bonds is 2. The van der Waals surface area contributed by atoms with E-state index >= 15 is 0 Å². The highest BCUT2D eigenvalue weighted by atomic mass is 16.2. The Bertz CT molecular complexity index is 634. The van der Waals surface area contributed by atoms with Gasteiger partial charge in [-0.2, -0.15) is 0 Å². The zero-order valence-electron chi connectivity index (χ0n) is 11.8. The summed E-state index contributed by atoms with van der Waals surface area (Å²) in [7, 11) is 1.84. The zero-order valence-corrected chi connectivity index (χ0v) is 11.8. The van der Waals surface area contributed by atoms with Gasteiger partial charge in [0, 0.05) is 25.8 Å². The summed E-state index contributed by atoms with van der Waals surface area (Å²) in [5, 5.41) is 0. The molecule has 1 aliphatic heterocycles. The Labute approximate surface area is 119 Å². The summed E-state index contributed by atoms with van der Waals surface area (Å²) in [6.07, 6.45) is 0. The van der Waals surface area contributed by atoms with E-state index in [9.17, 15) is 4.79 Å². The second-order valence-corrected chi connectivity index (χ2v) is 5.27. The van der Waals surface area contributed by atoms with E-state index < -0.39 is 0 Å². The monoisotopic (exact) mass is 266 g/mol. The van der Waals surface area contributed by atoms with Crippen molar-refractivity contribution in [2.45, 2.75) is 6.92 Å². The first-order chi connectivity index (χ1) is 9.65. The first-order valence-corrected chi connectivity index (χ1v) is 6.85. The van der Waals surface area contributed by atoms with Crippen LogP contribution in [0.2, 0.25) is 0 Å². The average Bonchev–Trinajstić information content (AvgIpc) is 2.79. The maximum absolute atomic E-state index is 12.0. The van der Waals surface area contributed by atoms with Crippen molar-refractivity contribution < 1.29 is 4.79 Å². The lowest BCUT2D eigenvalue weighted by atomic mass is 10.0. The fourth-order valence-electron chi connectivity index (χ4n) is 2.55. The van der Waals surface area contributed by atoms with E-state index in [4.69, 9.17) is 0 Å². The van der Waals surface area contributed by atoms with Crippen LogP contribution in [0.3, 0.4) is 0 Å². The smallest absolute Gasteiger partial charge is 0.324 e. The number of carbonyl (C=O) groups excluding carboxylic acids is 1. The molecule has 0 unspecified atom stereocenters. The molecule has 1 heterocycles. The van der Waals surface area contributed by atoms with Crippen molar-refractivity contribution in [1.29, 1.82) is 0 Å². The first-order valence-electron chi connectivity index (χ1n) is 6.85. The third kappa shape index (κ3) is 2.27. The lowest BCUT2D eigenvalue weighted by Gasteiger charge is -2.16. The maximum Gasteiger partial charge on any atom is 0.324 e. The van der Waals surface area contributed by atoms with Crippen molar-refractivity contribution >= 4 is 11.7 Å². The molecule has 2 aromatic rings. The molecule has 0 N–H and O–H groups in total. The first kappa shape index (κ1) is 12.7. The highest BCUT2D eigenvalue weighted by Gasteiger charge is 2.26. The maximum atomic E-state index is 12.0. The molecule has 1 fully saturated rings. The van der Waals surface area contributed by atoms with Crippen LogP contribution in [0.1, 0.15) is 5.56 Å². The van der Waals surface area contributed by atoms with Gasteiger partial charge in [-0.3, -0.25) is 4.90 Å². The number of hydrogen-bond acceptors (Lipinski definition) is 1. The van der Waals surface area contributed by atoms with Crippen molar-refractivity contribution in [2.75, 3.05) is 25.0 Å². The molecule has 102 valence electrons. The number of aryl methyl sites for hydroxylation is 1. The summed E-state index contributed by atoms with van der Waals surface area (Å²) in [5.74, 6) is 0. The third-order valence-electron chi connectivity index (χ3n) is 3.75. The number of hydrogen-bond donors (Lipinski definition) is 0. The van der Waals surface area contributed by atoms with Gasteiger partial charge in [0.25, 0.3) is 0 Å². The molecule has 1 saturated heterocycles. The number of nitrogens with zero attached hydrogens (tertiary/aromatic N) is 2. The molecular weight excluding hydrogens is 248 g/mol. The van der Waals surface area contributed by atoms with E-state index in [0.29, 0.717) is 0 Å². The number of urea groups is 1. The number of carbonyl (C=O) groups is 1. The average molecular weight is 266 g/mol. The predicted molar refractivity (Wildman–Crippen MR) is 82.0 cm³/mol. The molecule has 20 heavy (non-hydrogen) atoms. The number of amides is 2. The van der Waals surface area contributed by atoms with Gasteiger partial charge in [-0.15, -0.1) is 0 Å². The second kappa shape index (κ2) is 5.00. The second-order valence-electron chi connectivity index (χ2n) is 5.27. The van der Waals surface area contributed by atoms with E-state index in [1.165, 1.54) is 16.7 Å². The SMILES string of the molecule is Cc1cccc(-c2ccc(N3CCN(C)C3=O)cc2)c1. The molecule has 3 heteroatoms. The van der Waals surface area contributed by atoms with Crippen molar-refractivity contribution in [3.63, 3.8) is 0 Å². The Kier molecular flexibility index (Phi) is 3.18. The van der Waals surface area contributed by atoms with Crippen molar-refractivity contribution in [1.82, 2.24) is 4.90 Å². The van der Waals surface area contributed by atoms with Crippen LogP contribution in [-0.2, 0) is 0 Å². The lowest BCUT2D eigenvalue weighted by molar-refractivity contribution is 0.229. The van der Waals surface area contributed by atoms with Gasteiger partial charge in [-0.1, -0.05) is 42.0 Å². The Hall–Kier alpha value is -2.29. The third-order valence-corrected chi connectivity index (χ3v) is 3.75. The largest absolute Gasteiger partial charge is 0.326 e. The molecule has 2 aromatic carbocycles. The van der Waals surface area contributed by atoms with Crippen molar-refractivity contribution in [3.05, 3.63) is 54.1 Å². The van der Waals surface area contributed by atoms with Gasteiger partial charge in [0.05, 0.1) is 0 Å². The van der Waals surface area contributed by atoms with E-state index in [1.54, 1.807) is 4.90 Å². The number of likely N-dealkylation sites (N-methyl/N-ethyl adjacent to an activating group) is 1. The summed E-state index contributed by atoms with van der Waals surface area (Å²) < 4.78 is 0. The Morgan fingerprint density at radius 3 is 2.30 bits per heavy atom. The lowest BCUT2D eigenvalue weighted by Crippen LogP contribution is -2.29. The molecule has 3 nitrogen and oxygen atoms in total. The van der Waals surface area contributed by atoms with Crippen LogP contribution in [0.5, 0.6) is 0 Å². The molecule has 1 aliphatic rings. The van der Waals surface area contributed by atoms with Crippen LogP contribution in [0, 0.1) is 6.92 Å². The van der Waals surface area contributed by atoms with Gasteiger partial charge < -0.3 is 4.90 Å². The fourth-order valence-corrected chi connectivity index (χ4v) is 2.55. The van der Waals surface area contributed by atoms with Crippen LogP contribution in [-0.4, -0.2) is 31.1 Å². The van der Waals surface area contributed by atoms with E-state index in [-0.39, 0.29) is 6.03 Å². The zero-order chi connectivity index (χ0) is 14.1. The highest BCUT2D eigenvalue weighted by molar-refractivity contribution is 5.94. The molecule has 0 aromatic heterocycles. The Morgan fingerprint density at radius 1 is 0.950 bits per heavy atom. The summed E-state index contributed by atoms with van der Waals surface area (Å²) >= 11 is 0. The van der Waals surface area contributed by atoms with Crippen molar-refractivity contribution in [3.8, 4) is 11.1 Å². The molecule has 3 rings (SSSR count). The van der Waals surface area contributed by atoms with E-state index in [0.717, 1.165) is 18.8 Å². The minimum absolute atomic E-state index is 0.0771. The van der Waals surface area contributed by atoms with Crippen molar-refractivity contribution in [2.24, 2.45) is 0 Å². The predicted octanol–water partition coefficient (Wildman–Crippen LogP) is 3.53. The normalized spacial score (nSPS) is 15.0. The minimum atomic E-state index is 0.0771. The van der Waals surface area contributed by atoms with E-state index in [2.05, 4.69) is 43.3 Å². The van der Waals surface area contributed by atoms with Gasteiger partial charge >= 0.3 is 6.03 Å². The molecule has 0 saturated carbocycles. The van der Waals surface area contributed by atoms with Crippen LogP contribution >= 0.6 is 0 Å². The van der Waals surface area contributed by atoms with E-state index in [1.807, 2.05) is 24.1 Å². The van der Waals surface area contributed by atoms with Gasteiger partial charge in [-0.05, 0) is 30.2 Å². The van der Waals surface area contributed by atoms with Crippen LogP contribution in [0.25, 0.3) is 11.1 Å².